The molecule has 0 fully saturated rings. The highest BCUT2D eigenvalue weighted by Crippen LogP contribution is 2.15. The second kappa shape index (κ2) is 5.69. The summed E-state index contributed by atoms with van der Waals surface area (Å²) in [4.78, 5) is 0. The van der Waals surface area contributed by atoms with E-state index in [2.05, 4.69) is 17.3 Å². The number of aliphatic hydroxyl groups excluding tert-OH is 1. The molecule has 0 bridgehead atoms. The van der Waals surface area contributed by atoms with Gasteiger partial charge in [-0.15, -0.1) is 0 Å². The summed E-state index contributed by atoms with van der Waals surface area (Å²) >= 11 is 0. The van der Waals surface area contributed by atoms with E-state index in [0.717, 1.165) is 29.9 Å². The molecule has 4 heteroatoms. The minimum atomic E-state index is 0.0935. The van der Waals surface area contributed by atoms with Crippen molar-refractivity contribution in [3.8, 4) is 0 Å². The quantitative estimate of drug-likeness (QED) is 0.848. The van der Waals surface area contributed by atoms with Gasteiger partial charge >= 0.3 is 0 Å². The Labute approximate surface area is 107 Å². The molecule has 96 valence electrons. The van der Waals surface area contributed by atoms with Gasteiger partial charge in [0.1, 0.15) is 0 Å². The van der Waals surface area contributed by atoms with Crippen LogP contribution in [0.3, 0.4) is 0 Å². The molecule has 0 unspecified atom stereocenters. The largest absolute Gasteiger partial charge is 0.392 e. The molecule has 2 N–H and O–H groups in total. The lowest BCUT2D eigenvalue weighted by atomic mass is 10.1. The fourth-order valence-corrected chi connectivity index (χ4v) is 1.90. The second-order valence-corrected chi connectivity index (χ2v) is 4.34. The van der Waals surface area contributed by atoms with Gasteiger partial charge in [0, 0.05) is 19.8 Å². The molecule has 0 saturated heterocycles. The Hall–Kier alpha value is -1.81. The first-order valence-corrected chi connectivity index (χ1v) is 6.18. The lowest BCUT2D eigenvalue weighted by molar-refractivity contribution is 0.282. The summed E-state index contributed by atoms with van der Waals surface area (Å²) in [6.07, 6.45) is 2.92. The highest BCUT2D eigenvalue weighted by molar-refractivity contribution is 5.46. The lowest BCUT2D eigenvalue weighted by Crippen LogP contribution is -2.00. The Morgan fingerprint density at radius 2 is 1.89 bits per heavy atom. The number of nitrogens with zero attached hydrogens (tertiary/aromatic N) is 2. The summed E-state index contributed by atoms with van der Waals surface area (Å²) < 4.78 is 1.83. The van der Waals surface area contributed by atoms with Crippen molar-refractivity contribution in [1.29, 1.82) is 0 Å². The summed E-state index contributed by atoms with van der Waals surface area (Å²) in [5, 5.41) is 16.8. The summed E-state index contributed by atoms with van der Waals surface area (Å²) in [6, 6.07) is 7.95. The Bertz CT molecular complexity index is 502. The van der Waals surface area contributed by atoms with Crippen LogP contribution in [0, 0.1) is 0 Å². The number of aryl methyl sites for hydroxylation is 2. The SMILES string of the molecule is CCc1nn(C)cc1NCc1ccc(CO)cc1. The third kappa shape index (κ3) is 2.90. The number of nitrogens with one attached hydrogen (secondary N) is 1. The maximum Gasteiger partial charge on any atom is 0.0853 e. The van der Waals surface area contributed by atoms with E-state index in [1.807, 2.05) is 42.2 Å². The average molecular weight is 245 g/mol. The van der Waals surface area contributed by atoms with Gasteiger partial charge in [0.25, 0.3) is 0 Å². The third-order valence-corrected chi connectivity index (χ3v) is 2.93. The van der Waals surface area contributed by atoms with Crippen molar-refractivity contribution in [2.45, 2.75) is 26.5 Å². The number of aromatic nitrogens is 2. The van der Waals surface area contributed by atoms with Gasteiger partial charge in [0.2, 0.25) is 0 Å². The van der Waals surface area contributed by atoms with Crippen molar-refractivity contribution in [2.75, 3.05) is 5.32 Å². The predicted molar refractivity (Wildman–Crippen MR) is 72.3 cm³/mol. The van der Waals surface area contributed by atoms with Crippen LogP contribution in [0.5, 0.6) is 0 Å². The van der Waals surface area contributed by atoms with E-state index >= 15 is 0 Å². The topological polar surface area (TPSA) is 50.1 Å². The number of aliphatic hydroxyl groups is 1. The molecule has 4 nitrogen and oxygen atoms in total. The van der Waals surface area contributed by atoms with E-state index in [9.17, 15) is 0 Å². The second-order valence-electron chi connectivity index (χ2n) is 4.34. The fraction of sp³-hybridized carbons (Fsp3) is 0.357. The molecular weight excluding hydrogens is 226 g/mol. The molecule has 0 amide bonds. The van der Waals surface area contributed by atoms with Crippen molar-refractivity contribution in [3.05, 3.63) is 47.3 Å². The van der Waals surface area contributed by atoms with Crippen LogP contribution in [0.2, 0.25) is 0 Å². The van der Waals surface area contributed by atoms with Crippen molar-refractivity contribution >= 4 is 5.69 Å². The smallest absolute Gasteiger partial charge is 0.0853 e. The highest BCUT2D eigenvalue weighted by Gasteiger charge is 2.04. The molecule has 1 aromatic carbocycles. The predicted octanol–water partition coefficient (Wildman–Crippen LogP) is 2.09. The molecule has 2 aromatic rings. The van der Waals surface area contributed by atoms with Gasteiger partial charge in [-0.2, -0.15) is 5.10 Å². The Morgan fingerprint density at radius 3 is 2.50 bits per heavy atom. The first-order valence-electron chi connectivity index (χ1n) is 6.18. The van der Waals surface area contributed by atoms with E-state index in [0.29, 0.717) is 0 Å². The van der Waals surface area contributed by atoms with Crippen LogP contribution in [0.1, 0.15) is 23.7 Å². The van der Waals surface area contributed by atoms with Gasteiger partial charge in [0.15, 0.2) is 0 Å². The molecule has 0 aliphatic heterocycles. The molecule has 0 aliphatic carbocycles. The molecule has 0 spiro atoms. The van der Waals surface area contributed by atoms with Crippen molar-refractivity contribution < 1.29 is 5.11 Å². The van der Waals surface area contributed by atoms with Crippen LogP contribution in [-0.4, -0.2) is 14.9 Å². The maximum absolute atomic E-state index is 8.98. The van der Waals surface area contributed by atoms with E-state index < -0.39 is 0 Å². The molecule has 1 heterocycles. The van der Waals surface area contributed by atoms with Gasteiger partial charge in [-0.1, -0.05) is 31.2 Å². The molecule has 0 atom stereocenters. The summed E-state index contributed by atoms with van der Waals surface area (Å²) in [6.45, 7) is 2.96. The van der Waals surface area contributed by atoms with Gasteiger partial charge in [0.05, 0.1) is 18.0 Å². The van der Waals surface area contributed by atoms with Crippen LogP contribution >= 0.6 is 0 Å². The zero-order chi connectivity index (χ0) is 13.0. The summed E-state index contributed by atoms with van der Waals surface area (Å²) in [5.74, 6) is 0. The summed E-state index contributed by atoms with van der Waals surface area (Å²) in [5.41, 5.74) is 4.31. The molecule has 1 aromatic heterocycles. The minimum absolute atomic E-state index is 0.0935. The number of hydrogen-bond donors (Lipinski definition) is 2. The summed E-state index contributed by atoms with van der Waals surface area (Å²) in [7, 11) is 1.93. The average Bonchev–Trinajstić information content (AvgIpc) is 2.77. The van der Waals surface area contributed by atoms with Gasteiger partial charge < -0.3 is 10.4 Å². The Balaban J connectivity index is 2.01. The van der Waals surface area contributed by atoms with Crippen molar-refractivity contribution in [2.24, 2.45) is 7.05 Å². The van der Waals surface area contributed by atoms with Crippen LogP contribution in [0.15, 0.2) is 30.5 Å². The first kappa shape index (κ1) is 12.6. The van der Waals surface area contributed by atoms with Gasteiger partial charge in [-0.25, -0.2) is 0 Å². The van der Waals surface area contributed by atoms with E-state index in [1.165, 1.54) is 5.56 Å². The standard InChI is InChI=1S/C14H19N3O/c1-3-13-14(9-17(2)16-13)15-8-11-4-6-12(10-18)7-5-11/h4-7,9,15,18H,3,8,10H2,1-2H3. The molecule has 0 saturated carbocycles. The minimum Gasteiger partial charge on any atom is -0.392 e. The van der Waals surface area contributed by atoms with E-state index in [4.69, 9.17) is 5.11 Å². The van der Waals surface area contributed by atoms with Crippen LogP contribution < -0.4 is 5.32 Å². The van der Waals surface area contributed by atoms with Crippen LogP contribution in [0.25, 0.3) is 0 Å². The third-order valence-electron chi connectivity index (χ3n) is 2.93. The van der Waals surface area contributed by atoms with Crippen molar-refractivity contribution in [1.82, 2.24) is 9.78 Å². The first-order chi connectivity index (χ1) is 8.72. The number of rotatable bonds is 5. The molecule has 18 heavy (non-hydrogen) atoms. The monoisotopic (exact) mass is 245 g/mol. The van der Waals surface area contributed by atoms with Crippen LogP contribution in [-0.2, 0) is 26.6 Å². The maximum atomic E-state index is 8.98. The van der Waals surface area contributed by atoms with Gasteiger partial charge in [-0.05, 0) is 17.5 Å². The van der Waals surface area contributed by atoms with E-state index in [-0.39, 0.29) is 6.61 Å². The fourth-order valence-electron chi connectivity index (χ4n) is 1.90. The Morgan fingerprint density at radius 1 is 1.22 bits per heavy atom. The molecular formula is C14H19N3O. The molecule has 0 aliphatic rings. The normalized spacial score (nSPS) is 10.6. The lowest BCUT2D eigenvalue weighted by Gasteiger charge is -2.06. The highest BCUT2D eigenvalue weighted by atomic mass is 16.3. The van der Waals surface area contributed by atoms with Gasteiger partial charge in [-0.3, -0.25) is 4.68 Å². The Kier molecular flexibility index (Phi) is 3.99. The van der Waals surface area contributed by atoms with E-state index in [1.54, 1.807) is 0 Å². The van der Waals surface area contributed by atoms with Crippen LogP contribution in [0.4, 0.5) is 5.69 Å². The number of benzene rings is 1. The zero-order valence-corrected chi connectivity index (χ0v) is 10.8. The number of anilines is 1. The zero-order valence-electron chi connectivity index (χ0n) is 10.8. The number of hydrogen-bond acceptors (Lipinski definition) is 3. The van der Waals surface area contributed by atoms with Crippen molar-refractivity contribution in [3.63, 3.8) is 0 Å². The molecule has 2 rings (SSSR count). The molecule has 0 radical (unpaired) electrons.